The summed E-state index contributed by atoms with van der Waals surface area (Å²) in [6.07, 6.45) is 11.7. The monoisotopic (exact) mass is 511 g/mol. The van der Waals surface area contributed by atoms with Crippen LogP contribution >= 0.6 is 0 Å². The number of amides is 1. The number of rotatable bonds is 20. The van der Waals surface area contributed by atoms with Crippen LogP contribution in [0, 0.1) is 20.2 Å². The predicted molar refractivity (Wildman–Crippen MR) is 136 cm³/mol. The maximum absolute atomic E-state index is 12.5. The molecule has 36 heavy (non-hydrogen) atoms. The second-order valence-electron chi connectivity index (χ2n) is 9.22. The molecule has 4 N–H and O–H groups in total. The molecule has 11 heteroatoms. The fourth-order valence-corrected chi connectivity index (χ4v) is 4.09. The molecule has 0 aliphatic heterocycles. The summed E-state index contributed by atoms with van der Waals surface area (Å²) in [5, 5.41) is 54.6. The predicted octanol–water partition coefficient (Wildman–Crippen LogP) is 4.41. The second-order valence-corrected chi connectivity index (χ2v) is 9.22. The zero-order valence-electron chi connectivity index (χ0n) is 21.1. The largest absolute Gasteiger partial charge is 0.394 e. The van der Waals surface area contributed by atoms with Crippen molar-refractivity contribution >= 4 is 17.3 Å². The van der Waals surface area contributed by atoms with E-state index < -0.39 is 52.0 Å². The van der Waals surface area contributed by atoms with Gasteiger partial charge in [0.1, 0.15) is 6.10 Å². The van der Waals surface area contributed by atoms with E-state index in [4.69, 9.17) is 0 Å². The summed E-state index contributed by atoms with van der Waals surface area (Å²) in [6.45, 7) is 1.54. The number of carbonyl (C=O) groups excluding carboxylic acids is 1. The zero-order chi connectivity index (χ0) is 26.9. The molecule has 0 heterocycles. The Kier molecular flexibility index (Phi) is 15.5. The summed E-state index contributed by atoms with van der Waals surface area (Å²) in [5.41, 5.74) is -1.85. The highest BCUT2D eigenvalue weighted by molar-refractivity contribution is 5.95. The molecule has 1 amide bonds. The molecule has 3 unspecified atom stereocenters. The van der Waals surface area contributed by atoms with Gasteiger partial charge in [0.25, 0.3) is 5.91 Å². The first-order valence-corrected chi connectivity index (χ1v) is 12.9. The average molecular weight is 512 g/mol. The minimum atomic E-state index is -1.44. The Hall–Kier alpha value is -2.63. The lowest BCUT2D eigenvalue weighted by molar-refractivity contribution is -0.422. The highest BCUT2D eigenvalue weighted by atomic mass is 16.6. The van der Waals surface area contributed by atoms with E-state index in [0.717, 1.165) is 37.5 Å². The third-order valence-electron chi connectivity index (χ3n) is 6.30. The summed E-state index contributed by atoms with van der Waals surface area (Å²) in [5.74, 6) is -0.872. The van der Waals surface area contributed by atoms with Gasteiger partial charge in [0.2, 0.25) is 0 Å². The number of carbonyl (C=O) groups is 1. The smallest absolute Gasteiger partial charge is 0.346 e. The van der Waals surface area contributed by atoms with E-state index in [-0.39, 0.29) is 5.56 Å². The van der Waals surface area contributed by atoms with Crippen LogP contribution < -0.4 is 5.32 Å². The van der Waals surface area contributed by atoms with E-state index >= 15 is 0 Å². The van der Waals surface area contributed by atoms with Crippen molar-refractivity contribution in [3.63, 3.8) is 0 Å². The first-order valence-electron chi connectivity index (χ1n) is 12.9. The van der Waals surface area contributed by atoms with Gasteiger partial charge in [0, 0.05) is 17.7 Å². The third kappa shape index (κ3) is 11.4. The third-order valence-corrected chi connectivity index (χ3v) is 6.30. The van der Waals surface area contributed by atoms with Gasteiger partial charge in [0.15, 0.2) is 0 Å². The van der Waals surface area contributed by atoms with Gasteiger partial charge in [0.05, 0.1) is 28.6 Å². The number of benzene rings is 1. The van der Waals surface area contributed by atoms with Gasteiger partial charge in [-0.25, -0.2) is 0 Å². The Morgan fingerprint density at radius 1 is 0.861 bits per heavy atom. The van der Waals surface area contributed by atoms with E-state index in [2.05, 4.69) is 12.2 Å². The molecule has 204 valence electrons. The second kappa shape index (κ2) is 17.7. The quantitative estimate of drug-likeness (QED) is 0.113. The Bertz CT molecular complexity index is 820. The van der Waals surface area contributed by atoms with Crippen molar-refractivity contribution in [2.75, 3.05) is 6.61 Å². The molecule has 0 bridgehead atoms. The summed E-state index contributed by atoms with van der Waals surface area (Å²) in [4.78, 5) is 32.6. The molecule has 0 aliphatic rings. The first kappa shape index (κ1) is 31.4. The van der Waals surface area contributed by atoms with Crippen LogP contribution in [0.1, 0.15) is 101 Å². The van der Waals surface area contributed by atoms with Crippen LogP contribution in [0.4, 0.5) is 11.4 Å². The molecule has 0 radical (unpaired) electrons. The van der Waals surface area contributed by atoms with Gasteiger partial charge in [-0.1, -0.05) is 84.0 Å². The van der Waals surface area contributed by atoms with Crippen molar-refractivity contribution in [2.24, 2.45) is 0 Å². The summed E-state index contributed by atoms with van der Waals surface area (Å²) in [7, 11) is 0. The normalized spacial score (nSPS) is 13.7. The molecular formula is C25H41N3O8. The van der Waals surface area contributed by atoms with Crippen LogP contribution in [0.25, 0.3) is 0 Å². The molecule has 3 atom stereocenters. The number of nitrogens with zero attached hydrogens (tertiary/aromatic N) is 2. The number of nitrogens with one attached hydrogen (secondary N) is 1. The minimum Gasteiger partial charge on any atom is -0.394 e. The molecular weight excluding hydrogens is 470 g/mol. The fraction of sp³-hybridized carbons (Fsp3) is 0.720. The molecule has 0 aliphatic carbocycles. The molecule has 0 spiro atoms. The highest BCUT2D eigenvalue weighted by Gasteiger charge is 2.29. The van der Waals surface area contributed by atoms with E-state index in [1.165, 1.54) is 51.4 Å². The molecule has 1 aromatic carbocycles. The van der Waals surface area contributed by atoms with Gasteiger partial charge in [-0.2, -0.15) is 0 Å². The van der Waals surface area contributed by atoms with E-state index in [1.807, 2.05) is 0 Å². The zero-order valence-corrected chi connectivity index (χ0v) is 21.1. The number of hydrogen-bond donors (Lipinski definition) is 4. The van der Waals surface area contributed by atoms with E-state index in [0.29, 0.717) is 12.8 Å². The van der Waals surface area contributed by atoms with Crippen molar-refractivity contribution in [3.05, 3.63) is 44.0 Å². The molecule has 0 saturated carbocycles. The lowest BCUT2D eigenvalue weighted by Gasteiger charge is -2.26. The summed E-state index contributed by atoms with van der Waals surface area (Å²) >= 11 is 0. The van der Waals surface area contributed by atoms with Crippen molar-refractivity contribution < 1.29 is 30.0 Å². The minimum absolute atomic E-state index is 0.242. The SMILES string of the molecule is CCCCCCCCCCCCCCC(O)C(O)C(CO)NC(=O)c1ccc([N+](=O)[O-])c([N+](=O)[O-])c1. The van der Waals surface area contributed by atoms with E-state index in [1.54, 1.807) is 0 Å². The lowest BCUT2D eigenvalue weighted by atomic mass is 9.99. The van der Waals surface area contributed by atoms with Crippen LogP contribution in [0.2, 0.25) is 0 Å². The van der Waals surface area contributed by atoms with E-state index in [9.17, 15) is 40.3 Å². The Morgan fingerprint density at radius 2 is 1.36 bits per heavy atom. The number of unbranched alkanes of at least 4 members (excludes halogenated alkanes) is 11. The molecule has 1 rings (SSSR count). The molecule has 0 aromatic heterocycles. The van der Waals surface area contributed by atoms with Crippen LogP contribution in [0.3, 0.4) is 0 Å². The first-order chi connectivity index (χ1) is 17.2. The number of aliphatic hydroxyl groups is 3. The van der Waals surface area contributed by atoms with Crippen LogP contribution in [-0.2, 0) is 0 Å². The summed E-state index contributed by atoms with van der Waals surface area (Å²) in [6, 6.07) is 1.44. The Labute approximate surface area is 212 Å². The molecule has 0 saturated heterocycles. The molecule has 1 aromatic rings. The molecule has 11 nitrogen and oxygen atoms in total. The van der Waals surface area contributed by atoms with Crippen molar-refractivity contribution in [1.29, 1.82) is 0 Å². The van der Waals surface area contributed by atoms with Gasteiger partial charge in [-0.15, -0.1) is 0 Å². The standard InChI is InChI=1S/C25H41N3O8/c1-2-3-4-5-6-7-8-9-10-11-12-13-14-23(30)24(31)20(18-29)26-25(32)19-15-16-21(27(33)34)22(17-19)28(35)36/h15-17,20,23-24,29-31H,2-14,18H2,1H3,(H,26,32). The number of hydrogen-bond acceptors (Lipinski definition) is 8. The average Bonchev–Trinajstić information content (AvgIpc) is 2.86. The van der Waals surface area contributed by atoms with Gasteiger partial charge < -0.3 is 20.6 Å². The Balaban J connectivity index is 2.40. The van der Waals surface area contributed by atoms with Crippen molar-refractivity contribution in [1.82, 2.24) is 5.32 Å². The van der Waals surface area contributed by atoms with Gasteiger partial charge >= 0.3 is 11.4 Å². The summed E-state index contributed by atoms with van der Waals surface area (Å²) < 4.78 is 0. The van der Waals surface area contributed by atoms with Crippen LogP contribution in [0.15, 0.2) is 18.2 Å². The maximum atomic E-state index is 12.5. The van der Waals surface area contributed by atoms with Gasteiger partial charge in [-0.05, 0) is 12.5 Å². The van der Waals surface area contributed by atoms with Crippen LogP contribution in [0.5, 0.6) is 0 Å². The fourth-order valence-electron chi connectivity index (χ4n) is 4.09. The molecule has 0 fully saturated rings. The van der Waals surface area contributed by atoms with Gasteiger partial charge in [-0.3, -0.25) is 25.0 Å². The van der Waals surface area contributed by atoms with Crippen molar-refractivity contribution in [3.8, 4) is 0 Å². The maximum Gasteiger partial charge on any atom is 0.346 e. The topological polar surface area (TPSA) is 176 Å². The number of nitro benzene ring substituents is 2. The Morgan fingerprint density at radius 3 is 1.83 bits per heavy atom. The lowest BCUT2D eigenvalue weighted by Crippen LogP contribution is -2.50. The van der Waals surface area contributed by atoms with Crippen LogP contribution in [-0.4, -0.2) is 55.9 Å². The highest BCUT2D eigenvalue weighted by Crippen LogP contribution is 2.27. The van der Waals surface area contributed by atoms with Crippen molar-refractivity contribution in [2.45, 2.75) is 109 Å². The number of aliphatic hydroxyl groups excluding tert-OH is 3. The number of nitro groups is 2.